The summed E-state index contributed by atoms with van der Waals surface area (Å²) in [6, 6.07) is 4.62. The molecule has 1 aliphatic heterocycles. The number of sulfonamides is 1. The van der Waals surface area contributed by atoms with Gasteiger partial charge in [0.2, 0.25) is 0 Å². The number of ether oxygens (including phenoxy) is 2. The minimum absolute atomic E-state index is 0.0199. The van der Waals surface area contributed by atoms with E-state index in [4.69, 9.17) is 25.5 Å². The highest BCUT2D eigenvalue weighted by Crippen LogP contribution is 2.33. The molecule has 0 spiro atoms. The summed E-state index contributed by atoms with van der Waals surface area (Å²) in [5.74, 6) is -0.0834. The highest BCUT2D eigenvalue weighted by atomic mass is 35.5. The molecule has 30 heavy (non-hydrogen) atoms. The lowest BCUT2D eigenvalue weighted by Gasteiger charge is -2.16. The second-order valence-corrected chi connectivity index (χ2v) is 9.21. The van der Waals surface area contributed by atoms with Gasteiger partial charge in [-0.3, -0.25) is 4.72 Å². The van der Waals surface area contributed by atoms with Crippen LogP contribution in [0.15, 0.2) is 27.5 Å². The Bertz CT molecular complexity index is 1050. The maximum Gasteiger partial charge on any atom is 0.343 e. The minimum Gasteiger partial charge on any atom is -0.487 e. The fraction of sp³-hybridized carbons (Fsp3) is 0.450. The van der Waals surface area contributed by atoms with E-state index < -0.39 is 16.0 Å². The SMILES string of the molecule is CCOC(=O)c1c(C)oc(C)c1S(=O)(=O)Nc1ccc(Cl)c(O[C@@H]2CCN(C)C2)c1. The van der Waals surface area contributed by atoms with Crippen molar-refractivity contribution in [1.29, 1.82) is 0 Å². The number of hydrogen-bond acceptors (Lipinski definition) is 7. The van der Waals surface area contributed by atoms with E-state index in [1.54, 1.807) is 13.0 Å². The molecule has 10 heteroatoms. The fourth-order valence-electron chi connectivity index (χ4n) is 3.46. The van der Waals surface area contributed by atoms with E-state index in [0.29, 0.717) is 10.8 Å². The van der Waals surface area contributed by atoms with Crippen molar-refractivity contribution in [1.82, 2.24) is 4.90 Å². The molecule has 3 rings (SSSR count). The Balaban J connectivity index is 1.89. The predicted molar refractivity (Wildman–Crippen MR) is 113 cm³/mol. The van der Waals surface area contributed by atoms with E-state index in [9.17, 15) is 13.2 Å². The van der Waals surface area contributed by atoms with E-state index in [-0.39, 0.29) is 40.4 Å². The van der Waals surface area contributed by atoms with Crippen LogP contribution >= 0.6 is 11.6 Å². The summed E-state index contributed by atoms with van der Waals surface area (Å²) in [6.45, 7) is 6.45. The van der Waals surface area contributed by atoms with Crippen LogP contribution in [-0.2, 0) is 14.8 Å². The average molecular weight is 457 g/mol. The molecule has 0 bridgehead atoms. The lowest BCUT2D eigenvalue weighted by atomic mass is 10.2. The molecule has 0 saturated carbocycles. The van der Waals surface area contributed by atoms with Crippen LogP contribution in [0.5, 0.6) is 5.75 Å². The van der Waals surface area contributed by atoms with Crippen molar-refractivity contribution in [2.75, 3.05) is 31.5 Å². The smallest absolute Gasteiger partial charge is 0.343 e. The number of carbonyl (C=O) groups is 1. The Morgan fingerprint density at radius 1 is 1.33 bits per heavy atom. The largest absolute Gasteiger partial charge is 0.487 e. The maximum atomic E-state index is 13.1. The van der Waals surface area contributed by atoms with Crippen molar-refractivity contribution < 1.29 is 27.1 Å². The topological polar surface area (TPSA) is 98.1 Å². The first-order valence-electron chi connectivity index (χ1n) is 9.57. The molecule has 1 fully saturated rings. The number of rotatable bonds is 7. The third-order valence-corrected chi connectivity index (χ3v) is 6.62. The maximum absolute atomic E-state index is 13.1. The van der Waals surface area contributed by atoms with Gasteiger partial charge in [0.1, 0.15) is 33.8 Å². The number of aryl methyl sites for hydroxylation is 2. The summed E-state index contributed by atoms with van der Waals surface area (Å²) in [4.78, 5) is 14.2. The Morgan fingerprint density at radius 2 is 2.07 bits per heavy atom. The normalized spacial score (nSPS) is 17.2. The van der Waals surface area contributed by atoms with E-state index in [1.807, 2.05) is 7.05 Å². The predicted octanol–water partition coefficient (Wildman–Crippen LogP) is 3.61. The first kappa shape index (κ1) is 22.5. The zero-order valence-electron chi connectivity index (χ0n) is 17.3. The van der Waals surface area contributed by atoms with Gasteiger partial charge < -0.3 is 18.8 Å². The first-order valence-corrected chi connectivity index (χ1v) is 11.4. The van der Waals surface area contributed by atoms with Gasteiger partial charge in [-0.25, -0.2) is 13.2 Å². The number of anilines is 1. The Morgan fingerprint density at radius 3 is 2.70 bits per heavy atom. The minimum atomic E-state index is -4.13. The molecular formula is C20H25ClN2O6S. The molecule has 1 aromatic carbocycles. The molecule has 0 radical (unpaired) electrons. The zero-order chi connectivity index (χ0) is 22.1. The molecule has 1 atom stereocenters. The molecule has 1 saturated heterocycles. The lowest BCUT2D eigenvalue weighted by molar-refractivity contribution is 0.0520. The van der Waals surface area contributed by atoms with Crippen LogP contribution in [0, 0.1) is 13.8 Å². The van der Waals surface area contributed by atoms with Crippen molar-refractivity contribution in [2.45, 2.75) is 38.2 Å². The monoisotopic (exact) mass is 456 g/mol. The Kier molecular flexibility index (Phi) is 6.64. The third-order valence-electron chi connectivity index (χ3n) is 4.78. The molecule has 164 valence electrons. The number of nitrogens with one attached hydrogen (secondary N) is 1. The average Bonchev–Trinajstić information content (AvgIpc) is 3.20. The number of benzene rings is 1. The van der Waals surface area contributed by atoms with Crippen molar-refractivity contribution in [2.24, 2.45) is 0 Å². The van der Waals surface area contributed by atoms with Crippen LogP contribution in [-0.4, -0.2) is 52.1 Å². The number of nitrogens with zero attached hydrogens (tertiary/aromatic N) is 1. The van der Waals surface area contributed by atoms with Gasteiger partial charge in [0.15, 0.2) is 0 Å². The standard InChI is InChI=1S/C20H25ClN2O6S/c1-5-27-20(24)18-12(2)28-13(3)19(18)30(25,26)22-14-6-7-16(21)17(10-14)29-15-8-9-23(4)11-15/h6-7,10,15,22H,5,8-9,11H2,1-4H3/t15-/m1/s1. The summed E-state index contributed by atoms with van der Waals surface area (Å²) < 4.78 is 45.0. The zero-order valence-corrected chi connectivity index (χ0v) is 18.9. The van der Waals surface area contributed by atoms with Crippen LogP contribution in [0.4, 0.5) is 5.69 Å². The summed E-state index contributed by atoms with van der Waals surface area (Å²) in [5.41, 5.74) is 0.148. The first-order chi connectivity index (χ1) is 14.1. The second-order valence-electron chi connectivity index (χ2n) is 7.18. The number of halogens is 1. The summed E-state index contributed by atoms with van der Waals surface area (Å²) in [5, 5.41) is 0.384. The number of hydrogen-bond donors (Lipinski definition) is 1. The number of esters is 1. The van der Waals surface area contributed by atoms with Gasteiger partial charge in [-0.05, 0) is 46.4 Å². The van der Waals surface area contributed by atoms with Gasteiger partial charge in [0.25, 0.3) is 10.0 Å². The van der Waals surface area contributed by atoms with Gasteiger partial charge >= 0.3 is 5.97 Å². The van der Waals surface area contributed by atoms with Gasteiger partial charge in [-0.15, -0.1) is 0 Å². The van der Waals surface area contributed by atoms with Crippen LogP contribution in [0.1, 0.15) is 35.2 Å². The van der Waals surface area contributed by atoms with E-state index in [1.165, 1.54) is 26.0 Å². The third kappa shape index (κ3) is 4.74. The van der Waals surface area contributed by atoms with Crippen molar-refractivity contribution in [3.8, 4) is 5.75 Å². The second kappa shape index (κ2) is 8.87. The Labute approximate surface area is 181 Å². The van der Waals surface area contributed by atoms with Crippen molar-refractivity contribution in [3.05, 3.63) is 40.3 Å². The summed E-state index contributed by atoms with van der Waals surface area (Å²) in [7, 11) is -2.13. The molecule has 0 unspecified atom stereocenters. The molecular weight excluding hydrogens is 432 g/mol. The summed E-state index contributed by atoms with van der Waals surface area (Å²) in [6.07, 6.45) is 0.840. The fourth-order valence-corrected chi connectivity index (χ4v) is 5.08. The van der Waals surface area contributed by atoms with Crippen molar-refractivity contribution in [3.63, 3.8) is 0 Å². The van der Waals surface area contributed by atoms with Crippen LogP contribution in [0.3, 0.4) is 0 Å². The molecule has 2 heterocycles. The highest BCUT2D eigenvalue weighted by molar-refractivity contribution is 7.92. The van der Waals surface area contributed by atoms with Crippen LogP contribution < -0.4 is 9.46 Å². The number of likely N-dealkylation sites (N-methyl/N-ethyl adjacent to an activating group) is 1. The highest BCUT2D eigenvalue weighted by Gasteiger charge is 2.32. The van der Waals surface area contributed by atoms with Gasteiger partial charge in [-0.2, -0.15) is 0 Å². The van der Waals surface area contributed by atoms with Gasteiger partial charge in [0, 0.05) is 19.2 Å². The molecule has 0 amide bonds. The van der Waals surface area contributed by atoms with E-state index in [2.05, 4.69) is 9.62 Å². The van der Waals surface area contributed by atoms with Gasteiger partial charge in [-0.1, -0.05) is 11.6 Å². The number of likely N-dealkylation sites (tertiary alicyclic amines) is 1. The molecule has 8 nitrogen and oxygen atoms in total. The molecule has 1 N–H and O–H groups in total. The molecule has 0 aliphatic carbocycles. The molecule has 1 aromatic heterocycles. The van der Waals surface area contributed by atoms with Crippen molar-refractivity contribution >= 4 is 33.3 Å². The molecule has 1 aliphatic rings. The Hall–Kier alpha value is -2.23. The molecule has 2 aromatic rings. The van der Waals surface area contributed by atoms with Crippen LogP contribution in [0.2, 0.25) is 5.02 Å². The number of carbonyl (C=O) groups excluding carboxylic acids is 1. The number of furan rings is 1. The van der Waals surface area contributed by atoms with E-state index in [0.717, 1.165) is 19.5 Å². The van der Waals surface area contributed by atoms with Gasteiger partial charge in [0.05, 0.1) is 17.3 Å². The van der Waals surface area contributed by atoms with Crippen LogP contribution in [0.25, 0.3) is 0 Å². The quantitative estimate of drug-likeness (QED) is 0.635. The summed E-state index contributed by atoms with van der Waals surface area (Å²) >= 11 is 6.24. The lowest BCUT2D eigenvalue weighted by Crippen LogP contribution is -2.21. The van der Waals surface area contributed by atoms with E-state index >= 15 is 0 Å².